The van der Waals surface area contributed by atoms with Gasteiger partial charge in [-0.1, -0.05) is 64.7 Å². The largest absolute Gasteiger partial charge is 0.391 e. The van der Waals surface area contributed by atoms with Crippen molar-refractivity contribution < 1.29 is 19.1 Å². The van der Waals surface area contributed by atoms with Gasteiger partial charge in [0, 0.05) is 6.42 Å². The molecule has 0 unspecified atom stereocenters. The van der Waals surface area contributed by atoms with E-state index in [-0.39, 0.29) is 12.5 Å². The van der Waals surface area contributed by atoms with Crippen molar-refractivity contribution in [2.75, 3.05) is 13.1 Å². The Morgan fingerprint density at radius 1 is 0.889 bits per heavy atom. The zero-order valence-corrected chi connectivity index (χ0v) is 17.0. The van der Waals surface area contributed by atoms with E-state index in [0.717, 1.165) is 25.7 Å². The molecule has 27 heavy (non-hydrogen) atoms. The number of hydrogen-bond acceptors (Lipinski definition) is 6. The Morgan fingerprint density at radius 3 is 2.07 bits per heavy atom. The Kier molecular flexibility index (Phi) is 16.9. The molecule has 1 atom stereocenters. The van der Waals surface area contributed by atoms with Gasteiger partial charge in [-0.15, -0.1) is 0 Å². The van der Waals surface area contributed by atoms with E-state index < -0.39 is 18.0 Å². The fourth-order valence-electron chi connectivity index (χ4n) is 2.71. The fourth-order valence-corrected chi connectivity index (χ4v) is 2.71. The number of carbonyl (C=O) groups is 3. The molecule has 7 nitrogen and oxygen atoms in total. The summed E-state index contributed by atoms with van der Waals surface area (Å²) in [7, 11) is 0. The zero-order valence-electron chi connectivity index (χ0n) is 17.0. The van der Waals surface area contributed by atoms with Gasteiger partial charge in [-0.05, 0) is 25.8 Å². The van der Waals surface area contributed by atoms with Crippen molar-refractivity contribution in [3.63, 3.8) is 0 Å². The van der Waals surface area contributed by atoms with Gasteiger partial charge < -0.3 is 21.5 Å². The molecule has 1 amide bonds. The van der Waals surface area contributed by atoms with Gasteiger partial charge in [0.25, 0.3) is 0 Å². The van der Waals surface area contributed by atoms with Crippen LogP contribution in [0.3, 0.4) is 0 Å². The maximum Gasteiger partial charge on any atom is 0.333 e. The molecule has 0 aliphatic rings. The van der Waals surface area contributed by atoms with E-state index in [0.29, 0.717) is 25.8 Å². The molecule has 0 spiro atoms. The van der Waals surface area contributed by atoms with Crippen LogP contribution in [0.25, 0.3) is 0 Å². The molecule has 0 heterocycles. The topological polar surface area (TPSA) is 125 Å². The van der Waals surface area contributed by atoms with Gasteiger partial charge in [0.05, 0.1) is 0 Å². The van der Waals surface area contributed by atoms with Crippen molar-refractivity contribution in [1.82, 2.24) is 5.32 Å². The van der Waals surface area contributed by atoms with Gasteiger partial charge in [0.15, 0.2) is 0 Å². The molecular weight excluding hydrogens is 346 g/mol. The van der Waals surface area contributed by atoms with Crippen molar-refractivity contribution in [1.29, 1.82) is 0 Å². The molecular formula is C20H39N3O4. The molecule has 0 aromatic rings. The molecule has 7 heteroatoms. The summed E-state index contributed by atoms with van der Waals surface area (Å²) < 4.78 is 4.64. The fraction of sp³-hybridized carbons (Fsp3) is 0.850. The first-order valence-corrected chi connectivity index (χ1v) is 10.5. The standard InChI is InChI=1S/C20H39N3O4/c1-2-3-4-5-6-7-8-9-10-14-18(24)23-16-19(25)27-20(26)17(22)13-11-12-15-21/h17H,2-16,21-22H2,1H3,(H,23,24)/t17-/m0/s1. The second-order valence-electron chi connectivity index (χ2n) is 7.04. The number of ether oxygens (including phenoxy) is 1. The molecule has 0 aromatic heterocycles. The van der Waals surface area contributed by atoms with Gasteiger partial charge in [0.1, 0.15) is 12.6 Å². The average molecular weight is 386 g/mol. The molecule has 0 aliphatic heterocycles. The molecule has 0 radical (unpaired) electrons. The minimum atomic E-state index is -0.835. The second-order valence-corrected chi connectivity index (χ2v) is 7.04. The number of nitrogens with one attached hydrogen (secondary N) is 1. The monoisotopic (exact) mass is 385 g/mol. The molecule has 5 N–H and O–H groups in total. The van der Waals surface area contributed by atoms with Gasteiger partial charge in [0.2, 0.25) is 5.91 Å². The highest BCUT2D eigenvalue weighted by atomic mass is 16.6. The second kappa shape index (κ2) is 17.9. The lowest BCUT2D eigenvalue weighted by Gasteiger charge is -2.10. The summed E-state index contributed by atoms with van der Waals surface area (Å²) in [5, 5.41) is 2.48. The Balaban J connectivity index is 3.62. The summed E-state index contributed by atoms with van der Waals surface area (Å²) in [5.74, 6) is -1.74. The lowest BCUT2D eigenvalue weighted by Crippen LogP contribution is -2.37. The molecule has 0 aromatic carbocycles. The van der Waals surface area contributed by atoms with Crippen molar-refractivity contribution in [2.45, 2.75) is 96.4 Å². The van der Waals surface area contributed by atoms with E-state index in [1.54, 1.807) is 0 Å². The van der Waals surface area contributed by atoms with Gasteiger partial charge in [-0.2, -0.15) is 0 Å². The van der Waals surface area contributed by atoms with E-state index in [2.05, 4.69) is 17.0 Å². The van der Waals surface area contributed by atoms with Crippen molar-refractivity contribution in [3.05, 3.63) is 0 Å². The van der Waals surface area contributed by atoms with E-state index in [1.165, 1.54) is 38.5 Å². The maximum atomic E-state index is 11.7. The van der Waals surface area contributed by atoms with E-state index in [9.17, 15) is 14.4 Å². The van der Waals surface area contributed by atoms with Crippen LogP contribution >= 0.6 is 0 Å². The number of esters is 2. The predicted octanol–water partition coefficient (Wildman–Crippen LogP) is 2.55. The van der Waals surface area contributed by atoms with Crippen molar-refractivity contribution in [2.24, 2.45) is 11.5 Å². The summed E-state index contributed by atoms with van der Waals surface area (Å²) >= 11 is 0. The highest BCUT2D eigenvalue weighted by Gasteiger charge is 2.18. The number of carbonyl (C=O) groups excluding carboxylic acids is 3. The van der Waals surface area contributed by atoms with Crippen LogP contribution in [0, 0.1) is 0 Å². The summed E-state index contributed by atoms with van der Waals surface area (Å²) in [4.78, 5) is 34.9. The van der Waals surface area contributed by atoms with Crippen LogP contribution in [-0.2, 0) is 19.1 Å². The Morgan fingerprint density at radius 2 is 1.48 bits per heavy atom. The minimum absolute atomic E-state index is 0.199. The third-order valence-electron chi connectivity index (χ3n) is 4.42. The van der Waals surface area contributed by atoms with Crippen LogP contribution < -0.4 is 16.8 Å². The normalized spacial score (nSPS) is 11.8. The Bertz CT molecular complexity index is 416. The highest BCUT2D eigenvalue weighted by Crippen LogP contribution is 2.10. The van der Waals surface area contributed by atoms with Crippen LogP contribution in [-0.4, -0.2) is 37.0 Å². The number of amides is 1. The summed E-state index contributed by atoms with van der Waals surface area (Å²) in [6, 6.07) is -0.835. The SMILES string of the molecule is CCCCCCCCCCCC(=O)NCC(=O)OC(=O)[C@@H](N)CCCCN. The quantitative estimate of drug-likeness (QED) is 0.201. The summed E-state index contributed by atoms with van der Waals surface area (Å²) in [6.45, 7) is 2.44. The highest BCUT2D eigenvalue weighted by molar-refractivity contribution is 5.90. The van der Waals surface area contributed by atoms with Crippen LogP contribution in [0.15, 0.2) is 0 Å². The average Bonchev–Trinajstić information content (AvgIpc) is 2.65. The first-order valence-electron chi connectivity index (χ1n) is 10.5. The Labute approximate surface area is 164 Å². The first kappa shape index (κ1) is 25.5. The molecule has 158 valence electrons. The number of rotatable bonds is 17. The minimum Gasteiger partial charge on any atom is -0.391 e. The third kappa shape index (κ3) is 16.4. The van der Waals surface area contributed by atoms with E-state index in [4.69, 9.17) is 11.5 Å². The maximum absolute atomic E-state index is 11.7. The number of unbranched alkanes of at least 4 members (excludes halogenated alkanes) is 9. The van der Waals surface area contributed by atoms with Crippen LogP contribution in [0.2, 0.25) is 0 Å². The van der Waals surface area contributed by atoms with Crippen LogP contribution in [0.1, 0.15) is 90.4 Å². The smallest absolute Gasteiger partial charge is 0.333 e. The molecule has 0 bridgehead atoms. The summed E-state index contributed by atoms with van der Waals surface area (Å²) in [5.41, 5.74) is 11.0. The predicted molar refractivity (Wildman–Crippen MR) is 107 cm³/mol. The van der Waals surface area contributed by atoms with E-state index in [1.807, 2.05) is 0 Å². The van der Waals surface area contributed by atoms with Gasteiger partial charge in [-0.3, -0.25) is 4.79 Å². The van der Waals surface area contributed by atoms with Crippen LogP contribution in [0.5, 0.6) is 0 Å². The molecule has 0 saturated carbocycles. The zero-order chi connectivity index (χ0) is 20.3. The first-order chi connectivity index (χ1) is 13.0. The van der Waals surface area contributed by atoms with Crippen molar-refractivity contribution in [3.8, 4) is 0 Å². The van der Waals surface area contributed by atoms with Crippen molar-refractivity contribution >= 4 is 17.8 Å². The number of hydrogen-bond donors (Lipinski definition) is 3. The molecule has 0 fully saturated rings. The Hall–Kier alpha value is -1.47. The third-order valence-corrected chi connectivity index (χ3v) is 4.42. The molecule has 0 saturated heterocycles. The molecule has 0 aliphatic carbocycles. The van der Waals surface area contributed by atoms with Gasteiger partial charge in [-0.25, -0.2) is 9.59 Å². The van der Waals surface area contributed by atoms with E-state index >= 15 is 0 Å². The number of nitrogens with two attached hydrogens (primary N) is 2. The van der Waals surface area contributed by atoms with Crippen LogP contribution in [0.4, 0.5) is 0 Å². The lowest BCUT2D eigenvalue weighted by molar-refractivity contribution is -0.160. The summed E-state index contributed by atoms with van der Waals surface area (Å²) in [6.07, 6.45) is 12.9. The lowest BCUT2D eigenvalue weighted by atomic mass is 10.1. The molecule has 0 rings (SSSR count). The van der Waals surface area contributed by atoms with Gasteiger partial charge >= 0.3 is 11.9 Å².